The van der Waals surface area contributed by atoms with Crippen LogP contribution in [0.4, 0.5) is 0 Å². The van der Waals surface area contributed by atoms with Crippen molar-refractivity contribution in [1.82, 2.24) is 4.98 Å². The van der Waals surface area contributed by atoms with Crippen LogP contribution < -0.4 is 0 Å². The first-order valence-electron chi connectivity index (χ1n) is 4.54. The van der Waals surface area contributed by atoms with Crippen molar-refractivity contribution in [3.05, 3.63) is 39.9 Å². The summed E-state index contributed by atoms with van der Waals surface area (Å²) >= 11 is 7.30. The van der Waals surface area contributed by atoms with E-state index in [2.05, 4.69) is 11.1 Å². The fraction of sp³-hybridized carbons (Fsp3) is 0.182. The lowest BCUT2D eigenvalue weighted by molar-refractivity contribution is 0.285. The van der Waals surface area contributed by atoms with Crippen molar-refractivity contribution in [3.8, 4) is 10.6 Å². The van der Waals surface area contributed by atoms with Crippen LogP contribution in [0, 0.1) is 6.92 Å². The molecule has 0 bridgehead atoms. The number of hydrogen-bond acceptors (Lipinski definition) is 3. The van der Waals surface area contributed by atoms with Gasteiger partial charge in [-0.15, -0.1) is 11.3 Å². The molecular formula is C11H10ClNOS. The van der Waals surface area contributed by atoms with E-state index < -0.39 is 0 Å². The maximum atomic E-state index is 9.02. The second kappa shape index (κ2) is 4.31. The number of aliphatic hydroxyl groups excluding tert-OH is 1. The lowest BCUT2D eigenvalue weighted by atomic mass is 10.1. The maximum Gasteiger partial charge on any atom is 0.146 e. The van der Waals surface area contributed by atoms with Crippen molar-refractivity contribution in [2.24, 2.45) is 0 Å². The number of halogens is 1. The van der Waals surface area contributed by atoms with Crippen LogP contribution in [0.1, 0.15) is 10.4 Å². The number of aromatic nitrogens is 1. The van der Waals surface area contributed by atoms with E-state index in [1.807, 2.05) is 25.1 Å². The van der Waals surface area contributed by atoms with Gasteiger partial charge < -0.3 is 5.11 Å². The number of rotatable bonds is 2. The Hall–Kier alpha value is -0.900. The van der Waals surface area contributed by atoms with Crippen molar-refractivity contribution >= 4 is 22.9 Å². The van der Waals surface area contributed by atoms with Gasteiger partial charge in [0, 0.05) is 5.56 Å². The predicted molar refractivity (Wildman–Crippen MR) is 63.2 cm³/mol. The highest BCUT2D eigenvalue weighted by Gasteiger charge is 2.09. The first kappa shape index (κ1) is 10.6. The Morgan fingerprint density at radius 3 is 2.87 bits per heavy atom. The zero-order chi connectivity index (χ0) is 10.8. The summed E-state index contributed by atoms with van der Waals surface area (Å²) in [6, 6.07) is 8.06. The Bertz CT molecular complexity index is 481. The van der Waals surface area contributed by atoms with E-state index in [4.69, 9.17) is 16.7 Å². The van der Waals surface area contributed by atoms with E-state index in [0.717, 1.165) is 10.6 Å². The monoisotopic (exact) mass is 239 g/mol. The zero-order valence-corrected chi connectivity index (χ0v) is 9.77. The van der Waals surface area contributed by atoms with Gasteiger partial charge in [-0.1, -0.05) is 35.4 Å². The molecule has 0 aliphatic carbocycles. The Morgan fingerprint density at radius 2 is 2.27 bits per heavy atom. The highest BCUT2D eigenvalue weighted by molar-refractivity contribution is 7.15. The van der Waals surface area contributed by atoms with Gasteiger partial charge in [0.1, 0.15) is 10.2 Å². The molecule has 1 heterocycles. The molecule has 0 atom stereocenters. The van der Waals surface area contributed by atoms with Gasteiger partial charge in [0.25, 0.3) is 0 Å². The number of thiazole rings is 1. The molecule has 2 rings (SSSR count). The molecule has 2 aromatic rings. The Morgan fingerprint density at radius 1 is 1.47 bits per heavy atom. The van der Waals surface area contributed by atoms with E-state index in [1.54, 1.807) is 0 Å². The molecule has 0 saturated carbocycles. The summed E-state index contributed by atoms with van der Waals surface area (Å²) in [5.41, 5.74) is 2.23. The normalized spacial score (nSPS) is 10.6. The summed E-state index contributed by atoms with van der Waals surface area (Å²) in [6.07, 6.45) is 0. The number of benzene rings is 1. The second-order valence-electron chi connectivity index (χ2n) is 3.26. The molecular weight excluding hydrogens is 230 g/mol. The molecule has 0 radical (unpaired) electrons. The van der Waals surface area contributed by atoms with E-state index in [9.17, 15) is 0 Å². The molecule has 1 aromatic heterocycles. The topological polar surface area (TPSA) is 33.1 Å². The zero-order valence-electron chi connectivity index (χ0n) is 8.20. The number of aryl methyl sites for hydroxylation is 1. The van der Waals surface area contributed by atoms with Crippen LogP contribution >= 0.6 is 22.9 Å². The van der Waals surface area contributed by atoms with E-state index in [1.165, 1.54) is 16.9 Å². The lowest BCUT2D eigenvalue weighted by Crippen LogP contribution is -1.77. The van der Waals surface area contributed by atoms with Gasteiger partial charge in [0.2, 0.25) is 0 Å². The second-order valence-corrected chi connectivity index (χ2v) is 4.70. The third-order valence-electron chi connectivity index (χ3n) is 2.06. The molecule has 0 spiro atoms. The molecule has 1 N–H and O–H groups in total. The van der Waals surface area contributed by atoms with Crippen molar-refractivity contribution in [3.63, 3.8) is 0 Å². The fourth-order valence-corrected chi connectivity index (χ4v) is 2.45. The smallest absolute Gasteiger partial charge is 0.146 e. The van der Waals surface area contributed by atoms with Crippen LogP contribution in [0.15, 0.2) is 24.3 Å². The summed E-state index contributed by atoms with van der Waals surface area (Å²) < 4.78 is 0. The molecule has 78 valence electrons. The average Bonchev–Trinajstić information content (AvgIpc) is 2.60. The van der Waals surface area contributed by atoms with Crippen LogP contribution in [0.25, 0.3) is 10.6 Å². The van der Waals surface area contributed by atoms with E-state index >= 15 is 0 Å². The molecule has 2 nitrogen and oxygen atoms in total. The first-order chi connectivity index (χ1) is 7.20. The van der Waals surface area contributed by atoms with Crippen molar-refractivity contribution in [2.75, 3.05) is 0 Å². The number of nitrogens with zero attached hydrogens (tertiary/aromatic N) is 1. The van der Waals surface area contributed by atoms with Crippen molar-refractivity contribution in [1.29, 1.82) is 0 Å². The summed E-state index contributed by atoms with van der Waals surface area (Å²) in [7, 11) is 0. The van der Waals surface area contributed by atoms with Gasteiger partial charge in [-0.3, -0.25) is 0 Å². The van der Waals surface area contributed by atoms with Crippen LogP contribution in [-0.4, -0.2) is 10.1 Å². The van der Waals surface area contributed by atoms with Gasteiger partial charge >= 0.3 is 0 Å². The minimum absolute atomic E-state index is 0.0533. The number of aliphatic hydroxyl groups is 1. The predicted octanol–water partition coefficient (Wildman–Crippen LogP) is 3.26. The minimum Gasteiger partial charge on any atom is -0.391 e. The summed E-state index contributed by atoms with van der Waals surface area (Å²) in [5, 5.41) is 10.3. The van der Waals surface area contributed by atoms with Gasteiger partial charge in [-0.25, -0.2) is 4.98 Å². The molecule has 0 saturated heterocycles. The Balaban J connectivity index is 2.45. The Kier molecular flexibility index (Phi) is 3.05. The van der Waals surface area contributed by atoms with Crippen LogP contribution in [0.3, 0.4) is 0 Å². The third-order valence-corrected chi connectivity index (χ3v) is 3.57. The highest BCUT2D eigenvalue weighted by Crippen LogP contribution is 2.30. The van der Waals surface area contributed by atoms with Crippen LogP contribution in [0.5, 0.6) is 0 Å². The van der Waals surface area contributed by atoms with E-state index in [-0.39, 0.29) is 6.61 Å². The van der Waals surface area contributed by atoms with Crippen LogP contribution in [-0.2, 0) is 6.61 Å². The van der Waals surface area contributed by atoms with Crippen LogP contribution in [0.2, 0.25) is 5.15 Å². The molecule has 0 aliphatic rings. The Labute approximate surface area is 97.2 Å². The first-order valence-corrected chi connectivity index (χ1v) is 5.73. The van der Waals surface area contributed by atoms with Gasteiger partial charge in [0.15, 0.2) is 0 Å². The highest BCUT2D eigenvalue weighted by atomic mass is 35.5. The molecule has 1 aromatic carbocycles. The number of hydrogen-bond donors (Lipinski definition) is 1. The largest absolute Gasteiger partial charge is 0.391 e. The van der Waals surface area contributed by atoms with Crippen molar-refractivity contribution in [2.45, 2.75) is 13.5 Å². The van der Waals surface area contributed by atoms with E-state index in [0.29, 0.717) is 10.0 Å². The van der Waals surface area contributed by atoms with Gasteiger partial charge in [-0.2, -0.15) is 0 Å². The molecule has 15 heavy (non-hydrogen) atoms. The maximum absolute atomic E-state index is 9.02. The average molecular weight is 240 g/mol. The molecule has 0 unspecified atom stereocenters. The lowest BCUT2D eigenvalue weighted by Gasteiger charge is -1.96. The minimum atomic E-state index is -0.0533. The molecule has 0 amide bonds. The molecule has 0 aliphatic heterocycles. The van der Waals surface area contributed by atoms with Gasteiger partial charge in [0.05, 0.1) is 11.5 Å². The summed E-state index contributed by atoms with van der Waals surface area (Å²) in [4.78, 5) is 4.93. The quantitative estimate of drug-likeness (QED) is 0.873. The van der Waals surface area contributed by atoms with Crippen molar-refractivity contribution < 1.29 is 5.11 Å². The summed E-state index contributed by atoms with van der Waals surface area (Å²) in [5.74, 6) is 0. The standard InChI is InChI=1S/C11H10ClNOS/c1-7-3-2-4-8(5-7)11-13-10(12)9(6-14)15-11/h2-5,14H,6H2,1H3. The SMILES string of the molecule is Cc1cccc(-c2nc(Cl)c(CO)s2)c1. The fourth-order valence-electron chi connectivity index (χ4n) is 1.33. The molecule has 4 heteroatoms. The molecule has 0 fully saturated rings. The third kappa shape index (κ3) is 2.20. The van der Waals surface area contributed by atoms with Gasteiger partial charge in [-0.05, 0) is 13.0 Å². The summed E-state index contributed by atoms with van der Waals surface area (Å²) in [6.45, 7) is 1.98.